The Kier molecular flexibility index (Phi) is 4.18. The van der Waals surface area contributed by atoms with Gasteiger partial charge in [0.1, 0.15) is 0 Å². The predicted molar refractivity (Wildman–Crippen MR) is 66.9 cm³/mol. The Labute approximate surface area is 111 Å². The van der Waals surface area contributed by atoms with Gasteiger partial charge in [0, 0.05) is 31.7 Å². The van der Waals surface area contributed by atoms with E-state index in [-0.39, 0.29) is 19.0 Å². The van der Waals surface area contributed by atoms with Gasteiger partial charge in [0.05, 0.1) is 11.6 Å². The summed E-state index contributed by atoms with van der Waals surface area (Å²) in [5.41, 5.74) is 2.11. The summed E-state index contributed by atoms with van der Waals surface area (Å²) in [5.74, 6) is -1.19. The number of alkyl halides is 3. The summed E-state index contributed by atoms with van der Waals surface area (Å²) >= 11 is 0. The van der Waals surface area contributed by atoms with Crippen molar-refractivity contribution in [3.63, 3.8) is 0 Å². The molecule has 1 aliphatic heterocycles. The van der Waals surface area contributed by atoms with Crippen molar-refractivity contribution >= 4 is 0 Å². The maximum absolute atomic E-state index is 12.6. The lowest BCUT2D eigenvalue weighted by Gasteiger charge is -2.31. The highest BCUT2D eigenvalue weighted by molar-refractivity contribution is 5.11. The fourth-order valence-corrected chi connectivity index (χ4v) is 2.56. The monoisotopic (exact) mass is 275 g/mol. The van der Waals surface area contributed by atoms with Gasteiger partial charge < -0.3 is 5.32 Å². The van der Waals surface area contributed by atoms with E-state index in [0.717, 1.165) is 24.2 Å². The zero-order chi connectivity index (χ0) is 14.0. The minimum Gasteiger partial charge on any atom is -0.313 e. The van der Waals surface area contributed by atoms with Crippen LogP contribution in [0.5, 0.6) is 0 Å². The van der Waals surface area contributed by atoms with Gasteiger partial charge in [0.2, 0.25) is 0 Å². The first-order chi connectivity index (χ1) is 8.90. The standard InChI is InChI=1S/C13H20F3N3/c1-3-10-6-12(19(2)18-10)7-11-5-4-9(8-17-11)13(14,15)16/h6,9,11,17H,3-5,7-8H2,1-2H3. The summed E-state index contributed by atoms with van der Waals surface area (Å²) in [6, 6.07) is 2.16. The van der Waals surface area contributed by atoms with Gasteiger partial charge in [0.25, 0.3) is 0 Å². The Hall–Kier alpha value is -1.04. The van der Waals surface area contributed by atoms with Crippen molar-refractivity contribution < 1.29 is 13.2 Å². The van der Waals surface area contributed by atoms with E-state index < -0.39 is 12.1 Å². The molecule has 1 aromatic rings. The first kappa shape index (κ1) is 14.4. The number of halogens is 3. The molecule has 0 bridgehead atoms. The molecule has 108 valence electrons. The molecule has 3 nitrogen and oxygen atoms in total. The lowest BCUT2D eigenvalue weighted by Crippen LogP contribution is -2.45. The second kappa shape index (κ2) is 5.53. The van der Waals surface area contributed by atoms with Crippen molar-refractivity contribution in [3.05, 3.63) is 17.5 Å². The third kappa shape index (κ3) is 3.49. The van der Waals surface area contributed by atoms with Crippen LogP contribution in [0.4, 0.5) is 13.2 Å². The quantitative estimate of drug-likeness (QED) is 0.918. The highest BCUT2D eigenvalue weighted by Crippen LogP contribution is 2.32. The molecule has 0 spiro atoms. The van der Waals surface area contributed by atoms with Crippen molar-refractivity contribution in [1.82, 2.24) is 15.1 Å². The summed E-state index contributed by atoms with van der Waals surface area (Å²) in [4.78, 5) is 0. The van der Waals surface area contributed by atoms with Gasteiger partial charge in [-0.15, -0.1) is 0 Å². The Morgan fingerprint density at radius 2 is 2.16 bits per heavy atom. The third-order valence-corrected chi connectivity index (χ3v) is 3.82. The van der Waals surface area contributed by atoms with Crippen LogP contribution in [0.1, 0.15) is 31.2 Å². The van der Waals surface area contributed by atoms with Gasteiger partial charge in [-0.05, 0) is 25.3 Å². The number of piperidine rings is 1. The molecule has 0 saturated carbocycles. The molecule has 1 N–H and O–H groups in total. The number of nitrogens with one attached hydrogen (secondary N) is 1. The van der Waals surface area contributed by atoms with Crippen LogP contribution in [-0.2, 0) is 19.9 Å². The Bertz CT molecular complexity index is 417. The normalized spacial score (nSPS) is 24.7. The molecule has 1 fully saturated rings. The second-order valence-electron chi connectivity index (χ2n) is 5.23. The highest BCUT2D eigenvalue weighted by atomic mass is 19.4. The van der Waals surface area contributed by atoms with Crippen LogP contribution in [0.15, 0.2) is 6.07 Å². The van der Waals surface area contributed by atoms with E-state index in [2.05, 4.69) is 10.4 Å². The topological polar surface area (TPSA) is 29.9 Å². The van der Waals surface area contributed by atoms with Crippen LogP contribution in [0.25, 0.3) is 0 Å². The molecule has 0 amide bonds. The molecular weight excluding hydrogens is 255 g/mol. The fourth-order valence-electron chi connectivity index (χ4n) is 2.56. The molecule has 1 aliphatic rings. The van der Waals surface area contributed by atoms with E-state index in [0.29, 0.717) is 6.42 Å². The lowest BCUT2D eigenvalue weighted by atomic mass is 9.92. The van der Waals surface area contributed by atoms with Crippen LogP contribution in [-0.4, -0.2) is 28.5 Å². The van der Waals surface area contributed by atoms with Gasteiger partial charge in [-0.2, -0.15) is 18.3 Å². The lowest BCUT2D eigenvalue weighted by molar-refractivity contribution is -0.179. The predicted octanol–water partition coefficient (Wildman–Crippen LogP) is 2.46. The molecule has 2 rings (SSSR count). The number of nitrogens with zero attached hydrogens (tertiary/aromatic N) is 2. The van der Waals surface area contributed by atoms with Gasteiger partial charge in [-0.1, -0.05) is 6.92 Å². The maximum Gasteiger partial charge on any atom is 0.393 e. The second-order valence-corrected chi connectivity index (χ2v) is 5.23. The number of hydrogen-bond donors (Lipinski definition) is 1. The zero-order valence-corrected chi connectivity index (χ0v) is 11.3. The Morgan fingerprint density at radius 3 is 2.63 bits per heavy atom. The zero-order valence-electron chi connectivity index (χ0n) is 11.3. The van der Waals surface area contributed by atoms with Gasteiger partial charge in [-0.3, -0.25) is 4.68 Å². The number of hydrogen-bond acceptors (Lipinski definition) is 2. The Balaban J connectivity index is 1.90. The van der Waals surface area contributed by atoms with Crippen LogP contribution in [0, 0.1) is 5.92 Å². The third-order valence-electron chi connectivity index (χ3n) is 3.82. The molecule has 2 heterocycles. The van der Waals surface area contributed by atoms with Crippen molar-refractivity contribution in [2.24, 2.45) is 13.0 Å². The van der Waals surface area contributed by atoms with Crippen LogP contribution in [0.2, 0.25) is 0 Å². The molecule has 19 heavy (non-hydrogen) atoms. The summed E-state index contributed by atoms with van der Waals surface area (Å²) in [6.45, 7) is 2.07. The Morgan fingerprint density at radius 1 is 1.42 bits per heavy atom. The van der Waals surface area contributed by atoms with Crippen molar-refractivity contribution in [2.45, 2.75) is 44.8 Å². The molecule has 0 aromatic carbocycles. The molecule has 2 unspecified atom stereocenters. The van der Waals surface area contributed by atoms with E-state index in [4.69, 9.17) is 0 Å². The minimum atomic E-state index is -4.07. The van der Waals surface area contributed by atoms with Crippen LogP contribution in [0.3, 0.4) is 0 Å². The smallest absolute Gasteiger partial charge is 0.313 e. The molecule has 1 saturated heterocycles. The average molecular weight is 275 g/mol. The maximum atomic E-state index is 12.6. The minimum absolute atomic E-state index is 0.0344. The molecule has 0 aliphatic carbocycles. The number of aryl methyl sites for hydroxylation is 2. The van der Waals surface area contributed by atoms with E-state index in [1.807, 2.05) is 24.7 Å². The first-order valence-corrected chi connectivity index (χ1v) is 6.72. The molecular formula is C13H20F3N3. The molecule has 6 heteroatoms. The van der Waals surface area contributed by atoms with Gasteiger partial charge in [-0.25, -0.2) is 0 Å². The summed E-state index contributed by atoms with van der Waals surface area (Å²) in [7, 11) is 1.88. The van der Waals surface area contributed by atoms with Crippen LogP contribution < -0.4 is 5.32 Å². The molecule has 0 radical (unpaired) electrons. The van der Waals surface area contributed by atoms with E-state index in [9.17, 15) is 13.2 Å². The fraction of sp³-hybridized carbons (Fsp3) is 0.769. The van der Waals surface area contributed by atoms with Gasteiger partial charge >= 0.3 is 6.18 Å². The first-order valence-electron chi connectivity index (χ1n) is 6.72. The average Bonchev–Trinajstić information content (AvgIpc) is 2.70. The van der Waals surface area contributed by atoms with Crippen molar-refractivity contribution in [2.75, 3.05) is 6.54 Å². The van der Waals surface area contributed by atoms with E-state index in [1.54, 1.807) is 0 Å². The van der Waals surface area contributed by atoms with E-state index in [1.165, 1.54) is 0 Å². The van der Waals surface area contributed by atoms with Crippen molar-refractivity contribution in [3.8, 4) is 0 Å². The SMILES string of the molecule is CCc1cc(CC2CCC(C(F)(F)F)CN2)n(C)n1. The number of rotatable bonds is 3. The van der Waals surface area contributed by atoms with E-state index >= 15 is 0 Å². The summed E-state index contributed by atoms with van der Waals surface area (Å²) in [5, 5.41) is 7.38. The summed E-state index contributed by atoms with van der Waals surface area (Å²) < 4.78 is 39.5. The highest BCUT2D eigenvalue weighted by Gasteiger charge is 2.41. The van der Waals surface area contributed by atoms with Crippen LogP contribution >= 0.6 is 0 Å². The summed E-state index contributed by atoms with van der Waals surface area (Å²) in [6.07, 6.45) is -1.66. The molecule has 1 aromatic heterocycles. The molecule has 2 atom stereocenters. The van der Waals surface area contributed by atoms with Crippen molar-refractivity contribution in [1.29, 1.82) is 0 Å². The number of aromatic nitrogens is 2. The van der Waals surface area contributed by atoms with Gasteiger partial charge in [0.15, 0.2) is 0 Å². The largest absolute Gasteiger partial charge is 0.393 e.